The number of aryl methyl sites for hydroxylation is 1. The summed E-state index contributed by atoms with van der Waals surface area (Å²) < 4.78 is 7.02. The van der Waals surface area contributed by atoms with E-state index in [1.807, 2.05) is 0 Å². The van der Waals surface area contributed by atoms with Crippen LogP contribution in [0.2, 0.25) is 0 Å². The van der Waals surface area contributed by atoms with E-state index in [2.05, 4.69) is 58.1 Å². The van der Waals surface area contributed by atoms with E-state index in [0.29, 0.717) is 32.0 Å². The molecule has 4 rings (SSSR count). The van der Waals surface area contributed by atoms with E-state index in [4.69, 9.17) is 4.74 Å². The number of aromatic nitrogens is 3. The van der Waals surface area contributed by atoms with Gasteiger partial charge in [-0.1, -0.05) is 41.6 Å². The summed E-state index contributed by atoms with van der Waals surface area (Å²) in [5.41, 5.74) is 1.68. The van der Waals surface area contributed by atoms with Crippen LogP contribution in [0.25, 0.3) is 10.8 Å². The molecule has 7 nitrogen and oxygen atoms in total. The Morgan fingerprint density at radius 2 is 1.93 bits per heavy atom. The number of amides is 1. The molecule has 1 fully saturated rings. The molecule has 1 amide bonds. The minimum absolute atomic E-state index is 0.0658. The lowest BCUT2D eigenvalue weighted by Gasteiger charge is -2.25. The van der Waals surface area contributed by atoms with Crippen molar-refractivity contribution in [1.82, 2.24) is 25.2 Å². The number of ether oxygens (including phenoxy) is 1. The second kappa shape index (κ2) is 8.95. The third-order valence-electron chi connectivity index (χ3n) is 4.94. The van der Waals surface area contributed by atoms with Crippen molar-refractivity contribution in [2.45, 2.75) is 19.5 Å². The van der Waals surface area contributed by atoms with Crippen LogP contribution in [0.3, 0.4) is 0 Å². The van der Waals surface area contributed by atoms with Crippen molar-refractivity contribution in [1.29, 1.82) is 0 Å². The molecule has 3 aromatic rings. The van der Waals surface area contributed by atoms with Gasteiger partial charge < -0.3 is 15.0 Å². The van der Waals surface area contributed by atoms with E-state index in [1.165, 1.54) is 16.3 Å². The van der Waals surface area contributed by atoms with Gasteiger partial charge >= 0.3 is 0 Å². The van der Waals surface area contributed by atoms with Crippen LogP contribution in [0, 0.1) is 0 Å². The molecule has 1 saturated heterocycles. The second-order valence-electron chi connectivity index (χ2n) is 6.98. The molecule has 0 radical (unpaired) electrons. The van der Waals surface area contributed by atoms with E-state index in [0.717, 1.165) is 26.1 Å². The minimum atomic E-state index is -0.0658. The normalized spacial score (nSPS) is 14.5. The van der Waals surface area contributed by atoms with Gasteiger partial charge in [0, 0.05) is 26.2 Å². The molecule has 0 bridgehead atoms. The number of hydrogen-bond donors (Lipinski definition) is 1. The molecule has 7 heteroatoms. The smallest absolute Gasteiger partial charge is 0.276 e. The van der Waals surface area contributed by atoms with Crippen LogP contribution in [0.4, 0.5) is 0 Å². The van der Waals surface area contributed by atoms with E-state index in [9.17, 15) is 4.79 Å². The molecule has 1 aliphatic heterocycles. The van der Waals surface area contributed by atoms with Crippen molar-refractivity contribution in [2.75, 3.05) is 32.8 Å². The highest BCUT2D eigenvalue weighted by Crippen LogP contribution is 2.15. The quantitative estimate of drug-likeness (QED) is 0.637. The van der Waals surface area contributed by atoms with Gasteiger partial charge in [0.15, 0.2) is 5.69 Å². The average molecular weight is 379 g/mol. The molecule has 28 heavy (non-hydrogen) atoms. The van der Waals surface area contributed by atoms with Crippen LogP contribution in [-0.2, 0) is 17.8 Å². The number of benzene rings is 2. The van der Waals surface area contributed by atoms with Gasteiger partial charge in [0.05, 0.1) is 19.4 Å². The third-order valence-corrected chi connectivity index (χ3v) is 4.94. The number of morpholine rings is 1. The number of carbonyl (C=O) groups excluding carboxylic acids is 1. The first-order chi connectivity index (χ1) is 13.8. The van der Waals surface area contributed by atoms with E-state index < -0.39 is 0 Å². The van der Waals surface area contributed by atoms with Gasteiger partial charge in [0.25, 0.3) is 5.91 Å². The van der Waals surface area contributed by atoms with Gasteiger partial charge in [0.2, 0.25) is 0 Å². The van der Waals surface area contributed by atoms with Crippen LogP contribution >= 0.6 is 0 Å². The molecule has 0 saturated carbocycles. The van der Waals surface area contributed by atoms with Gasteiger partial charge in [-0.3, -0.25) is 9.48 Å². The minimum Gasteiger partial charge on any atom is -0.378 e. The molecule has 146 valence electrons. The summed E-state index contributed by atoms with van der Waals surface area (Å²) in [6, 6.07) is 14.9. The van der Waals surface area contributed by atoms with Crippen LogP contribution in [0.1, 0.15) is 22.5 Å². The van der Waals surface area contributed by atoms with E-state index in [-0.39, 0.29) is 5.91 Å². The maximum atomic E-state index is 12.4. The Balaban J connectivity index is 1.21. The molecule has 2 heterocycles. The summed E-state index contributed by atoms with van der Waals surface area (Å²) in [6.07, 6.45) is 2.66. The predicted molar refractivity (Wildman–Crippen MR) is 107 cm³/mol. The van der Waals surface area contributed by atoms with Crippen LogP contribution < -0.4 is 5.32 Å². The molecular formula is C21H25N5O2. The van der Waals surface area contributed by atoms with Crippen molar-refractivity contribution in [3.63, 3.8) is 0 Å². The SMILES string of the molecule is O=C(c1cn(CCCNCc2ccc3ccccc3c2)nn1)N1CCOCC1. The molecule has 0 aliphatic carbocycles. The van der Waals surface area contributed by atoms with Gasteiger partial charge in [-0.25, -0.2) is 0 Å². The maximum Gasteiger partial charge on any atom is 0.276 e. The lowest BCUT2D eigenvalue weighted by atomic mass is 10.1. The maximum absolute atomic E-state index is 12.4. The zero-order valence-electron chi connectivity index (χ0n) is 15.9. The third kappa shape index (κ3) is 4.55. The van der Waals surface area contributed by atoms with Crippen molar-refractivity contribution in [2.24, 2.45) is 0 Å². The van der Waals surface area contributed by atoms with Gasteiger partial charge in [-0.15, -0.1) is 5.10 Å². The number of rotatable bonds is 7. The molecule has 1 aliphatic rings. The highest BCUT2D eigenvalue weighted by atomic mass is 16.5. The zero-order valence-corrected chi connectivity index (χ0v) is 15.9. The summed E-state index contributed by atoms with van der Waals surface area (Å²) in [5.74, 6) is -0.0658. The lowest BCUT2D eigenvalue weighted by Crippen LogP contribution is -2.40. The van der Waals surface area contributed by atoms with Crippen molar-refractivity contribution < 1.29 is 9.53 Å². The first kappa shape index (κ1) is 18.6. The first-order valence-corrected chi connectivity index (χ1v) is 9.75. The van der Waals surface area contributed by atoms with Crippen LogP contribution in [0.5, 0.6) is 0 Å². The Labute approximate surface area is 164 Å². The van der Waals surface area contributed by atoms with Crippen LogP contribution in [0.15, 0.2) is 48.7 Å². The monoisotopic (exact) mass is 379 g/mol. The molecule has 1 N–H and O–H groups in total. The average Bonchev–Trinajstić information content (AvgIpc) is 3.22. The Hall–Kier alpha value is -2.77. The first-order valence-electron chi connectivity index (χ1n) is 9.75. The number of hydrogen-bond acceptors (Lipinski definition) is 5. The topological polar surface area (TPSA) is 72.3 Å². The van der Waals surface area contributed by atoms with Crippen molar-refractivity contribution in [3.05, 3.63) is 59.9 Å². The molecule has 2 aromatic carbocycles. The summed E-state index contributed by atoms with van der Waals surface area (Å²) >= 11 is 0. The molecule has 0 spiro atoms. The van der Waals surface area contributed by atoms with Crippen molar-refractivity contribution in [3.8, 4) is 0 Å². The fourth-order valence-corrected chi connectivity index (χ4v) is 3.38. The Kier molecular flexibility index (Phi) is 5.94. The second-order valence-corrected chi connectivity index (χ2v) is 6.98. The zero-order chi connectivity index (χ0) is 19.2. The van der Waals surface area contributed by atoms with E-state index >= 15 is 0 Å². The highest BCUT2D eigenvalue weighted by molar-refractivity contribution is 5.92. The predicted octanol–water partition coefficient (Wildman–Crippen LogP) is 2.08. The fraction of sp³-hybridized carbons (Fsp3) is 0.381. The Morgan fingerprint density at radius 1 is 1.11 bits per heavy atom. The fourth-order valence-electron chi connectivity index (χ4n) is 3.38. The van der Waals surface area contributed by atoms with Crippen LogP contribution in [-0.4, -0.2) is 58.6 Å². The number of nitrogens with zero attached hydrogens (tertiary/aromatic N) is 4. The molecule has 0 atom stereocenters. The molecule has 0 unspecified atom stereocenters. The number of nitrogens with one attached hydrogen (secondary N) is 1. The van der Waals surface area contributed by atoms with Crippen molar-refractivity contribution >= 4 is 16.7 Å². The number of fused-ring (bicyclic) bond motifs is 1. The largest absolute Gasteiger partial charge is 0.378 e. The van der Waals surface area contributed by atoms with Gasteiger partial charge in [-0.2, -0.15) is 0 Å². The summed E-state index contributed by atoms with van der Waals surface area (Å²) in [6.45, 7) is 4.84. The Morgan fingerprint density at radius 3 is 2.79 bits per heavy atom. The highest BCUT2D eigenvalue weighted by Gasteiger charge is 2.21. The summed E-state index contributed by atoms with van der Waals surface area (Å²) in [4.78, 5) is 14.1. The Bertz CT molecular complexity index is 933. The van der Waals surface area contributed by atoms with Gasteiger partial charge in [0.1, 0.15) is 0 Å². The summed E-state index contributed by atoms with van der Waals surface area (Å²) in [7, 11) is 0. The van der Waals surface area contributed by atoms with Gasteiger partial charge in [-0.05, 0) is 35.4 Å². The molecule has 1 aromatic heterocycles. The lowest BCUT2D eigenvalue weighted by molar-refractivity contribution is 0.0299. The van der Waals surface area contributed by atoms with E-state index in [1.54, 1.807) is 15.8 Å². The standard InChI is InChI=1S/C21H25N5O2/c27-21(25-10-12-28-13-11-25)20-16-26(24-23-20)9-3-8-22-15-17-6-7-18-4-1-2-5-19(18)14-17/h1-2,4-7,14,16,22H,3,8-13,15H2. The summed E-state index contributed by atoms with van der Waals surface area (Å²) in [5, 5.41) is 14.1. The number of carbonyl (C=O) groups is 1. The molecular weight excluding hydrogens is 354 g/mol.